The molecule has 0 amide bonds. The number of hydrogen-bond donors (Lipinski definition) is 2. The summed E-state index contributed by atoms with van der Waals surface area (Å²) in [5, 5.41) is 9.62. The lowest BCUT2D eigenvalue weighted by atomic mass is 10.2. The maximum absolute atomic E-state index is 12.9. The van der Waals surface area contributed by atoms with E-state index in [1.165, 1.54) is 26.1 Å². The predicted octanol–water partition coefficient (Wildman–Crippen LogP) is 2.31. The number of hydrogen-bond acceptors (Lipinski definition) is 3. The molecule has 6 nitrogen and oxygen atoms in total. The van der Waals surface area contributed by atoms with E-state index in [9.17, 15) is 13.2 Å². The van der Waals surface area contributed by atoms with E-state index in [1.807, 2.05) is 6.92 Å². The van der Waals surface area contributed by atoms with Crippen molar-refractivity contribution >= 4 is 5.96 Å². The maximum Gasteiger partial charge on any atom is 0.435 e. The van der Waals surface area contributed by atoms with E-state index in [0.29, 0.717) is 25.7 Å². The molecule has 0 saturated heterocycles. The van der Waals surface area contributed by atoms with Crippen LogP contribution in [0.1, 0.15) is 37.4 Å². The van der Waals surface area contributed by atoms with E-state index in [-0.39, 0.29) is 12.1 Å². The summed E-state index contributed by atoms with van der Waals surface area (Å²) in [7, 11) is 1.47. The Morgan fingerprint density at radius 2 is 2.16 bits per heavy atom. The molecule has 1 aliphatic rings. The number of ether oxygens (including phenoxy) is 1. The SMILES string of the molecule is CCNC(=NCc1cn(C)nc1C(F)(F)F)NCCCOCC1CC1. The van der Waals surface area contributed by atoms with Crippen molar-refractivity contribution in [2.75, 3.05) is 26.3 Å². The summed E-state index contributed by atoms with van der Waals surface area (Å²) in [6, 6.07) is 0. The lowest BCUT2D eigenvalue weighted by molar-refractivity contribution is -0.142. The van der Waals surface area contributed by atoms with Gasteiger partial charge in [-0.2, -0.15) is 18.3 Å². The lowest BCUT2D eigenvalue weighted by Gasteiger charge is -2.11. The van der Waals surface area contributed by atoms with Crippen LogP contribution in [0.2, 0.25) is 0 Å². The van der Waals surface area contributed by atoms with Crippen molar-refractivity contribution in [1.82, 2.24) is 20.4 Å². The summed E-state index contributed by atoms with van der Waals surface area (Å²) in [4.78, 5) is 4.23. The second-order valence-corrected chi connectivity index (χ2v) is 6.17. The van der Waals surface area contributed by atoms with Crippen LogP contribution in [0.3, 0.4) is 0 Å². The maximum atomic E-state index is 12.9. The molecule has 0 unspecified atom stereocenters. The molecule has 9 heteroatoms. The van der Waals surface area contributed by atoms with Gasteiger partial charge in [-0.3, -0.25) is 4.68 Å². The Morgan fingerprint density at radius 1 is 1.40 bits per heavy atom. The van der Waals surface area contributed by atoms with Crippen molar-refractivity contribution in [1.29, 1.82) is 0 Å². The van der Waals surface area contributed by atoms with Crippen molar-refractivity contribution in [3.63, 3.8) is 0 Å². The number of alkyl halides is 3. The molecule has 0 atom stereocenters. The van der Waals surface area contributed by atoms with Gasteiger partial charge in [-0.15, -0.1) is 0 Å². The first-order valence-corrected chi connectivity index (χ1v) is 8.59. The minimum Gasteiger partial charge on any atom is -0.381 e. The molecule has 0 bridgehead atoms. The average molecular weight is 361 g/mol. The Balaban J connectivity index is 1.82. The van der Waals surface area contributed by atoms with E-state index in [0.717, 1.165) is 23.6 Å². The van der Waals surface area contributed by atoms with Crippen LogP contribution < -0.4 is 10.6 Å². The summed E-state index contributed by atoms with van der Waals surface area (Å²) < 4.78 is 45.5. The monoisotopic (exact) mass is 361 g/mol. The van der Waals surface area contributed by atoms with Gasteiger partial charge in [0, 0.05) is 45.1 Å². The summed E-state index contributed by atoms with van der Waals surface area (Å²) in [6.45, 7) is 4.59. The van der Waals surface area contributed by atoms with Gasteiger partial charge in [-0.1, -0.05) is 0 Å². The molecule has 1 aliphatic carbocycles. The van der Waals surface area contributed by atoms with Gasteiger partial charge in [0.05, 0.1) is 6.54 Å². The van der Waals surface area contributed by atoms with Gasteiger partial charge in [0.15, 0.2) is 11.7 Å². The molecule has 2 N–H and O–H groups in total. The van der Waals surface area contributed by atoms with Crippen molar-refractivity contribution < 1.29 is 17.9 Å². The van der Waals surface area contributed by atoms with Crippen LogP contribution in [0.25, 0.3) is 0 Å². The molecule has 2 rings (SSSR count). The van der Waals surface area contributed by atoms with E-state index in [1.54, 1.807) is 0 Å². The van der Waals surface area contributed by atoms with Crippen LogP contribution >= 0.6 is 0 Å². The number of aryl methyl sites for hydroxylation is 1. The number of nitrogens with zero attached hydrogens (tertiary/aromatic N) is 3. The number of rotatable bonds is 9. The first-order chi connectivity index (χ1) is 11.9. The first kappa shape index (κ1) is 19.6. The van der Waals surface area contributed by atoms with Gasteiger partial charge in [0.2, 0.25) is 0 Å². The van der Waals surface area contributed by atoms with Crippen LogP contribution in [0.5, 0.6) is 0 Å². The van der Waals surface area contributed by atoms with Gasteiger partial charge < -0.3 is 15.4 Å². The van der Waals surface area contributed by atoms with Crippen molar-refractivity contribution in [3.05, 3.63) is 17.5 Å². The zero-order chi connectivity index (χ0) is 18.3. The van der Waals surface area contributed by atoms with Gasteiger partial charge in [-0.05, 0) is 32.1 Å². The van der Waals surface area contributed by atoms with Crippen molar-refractivity contribution in [2.45, 2.75) is 38.9 Å². The summed E-state index contributed by atoms with van der Waals surface area (Å²) in [6.07, 6.45) is 0.226. The smallest absolute Gasteiger partial charge is 0.381 e. The molecule has 0 radical (unpaired) electrons. The fourth-order valence-corrected chi connectivity index (χ4v) is 2.31. The van der Waals surface area contributed by atoms with Crippen LogP contribution in [-0.2, 0) is 24.5 Å². The Kier molecular flexibility index (Phi) is 7.10. The summed E-state index contributed by atoms with van der Waals surface area (Å²) >= 11 is 0. The van der Waals surface area contributed by atoms with E-state index in [4.69, 9.17) is 4.74 Å². The van der Waals surface area contributed by atoms with E-state index in [2.05, 4.69) is 20.7 Å². The topological polar surface area (TPSA) is 63.5 Å². The van der Waals surface area contributed by atoms with Crippen molar-refractivity contribution in [3.8, 4) is 0 Å². The highest BCUT2D eigenvalue weighted by Gasteiger charge is 2.36. The molecule has 1 fully saturated rings. The third-order valence-electron chi connectivity index (χ3n) is 3.73. The molecule has 0 spiro atoms. The zero-order valence-electron chi connectivity index (χ0n) is 14.7. The second-order valence-electron chi connectivity index (χ2n) is 6.17. The Labute approximate surface area is 145 Å². The highest BCUT2D eigenvalue weighted by Crippen LogP contribution is 2.30. The molecule has 142 valence electrons. The summed E-state index contributed by atoms with van der Waals surface area (Å²) in [5.41, 5.74) is -0.831. The van der Waals surface area contributed by atoms with E-state index < -0.39 is 11.9 Å². The molecule has 1 aromatic heterocycles. The fourth-order valence-electron chi connectivity index (χ4n) is 2.31. The highest BCUT2D eigenvalue weighted by molar-refractivity contribution is 5.79. The molecule has 25 heavy (non-hydrogen) atoms. The number of aliphatic imine (C=N–C) groups is 1. The minimum atomic E-state index is -4.48. The third-order valence-corrected chi connectivity index (χ3v) is 3.73. The van der Waals surface area contributed by atoms with Crippen LogP contribution in [0.4, 0.5) is 13.2 Å². The standard InChI is InChI=1S/C16H26F3N5O/c1-3-20-15(21-7-4-8-25-11-12-5-6-12)22-9-13-10-24(2)23-14(13)16(17,18)19/h10,12H,3-9,11H2,1-2H3,(H2,20,21,22). The van der Waals surface area contributed by atoms with Gasteiger partial charge in [0.25, 0.3) is 0 Å². The van der Waals surface area contributed by atoms with Crippen LogP contribution in [0.15, 0.2) is 11.2 Å². The number of halogens is 3. The average Bonchev–Trinajstić information content (AvgIpc) is 3.28. The highest BCUT2D eigenvalue weighted by atomic mass is 19.4. The Hall–Kier alpha value is -1.77. The molecule has 1 saturated carbocycles. The number of aromatic nitrogens is 2. The van der Waals surface area contributed by atoms with Crippen LogP contribution in [-0.4, -0.2) is 42.0 Å². The van der Waals surface area contributed by atoms with Crippen LogP contribution in [0, 0.1) is 5.92 Å². The largest absolute Gasteiger partial charge is 0.435 e. The normalized spacial score (nSPS) is 15.5. The molecular formula is C16H26F3N5O. The van der Waals surface area contributed by atoms with Crippen molar-refractivity contribution in [2.24, 2.45) is 18.0 Å². The fraction of sp³-hybridized carbons (Fsp3) is 0.750. The Morgan fingerprint density at radius 3 is 2.80 bits per heavy atom. The first-order valence-electron chi connectivity index (χ1n) is 8.59. The molecular weight excluding hydrogens is 335 g/mol. The number of guanidine groups is 1. The lowest BCUT2D eigenvalue weighted by Crippen LogP contribution is -2.38. The predicted molar refractivity (Wildman–Crippen MR) is 89.2 cm³/mol. The van der Waals surface area contributed by atoms with Gasteiger partial charge in [-0.25, -0.2) is 4.99 Å². The van der Waals surface area contributed by atoms with Gasteiger partial charge >= 0.3 is 6.18 Å². The minimum absolute atomic E-state index is 0.0555. The quantitative estimate of drug-likeness (QED) is 0.403. The third kappa shape index (κ3) is 6.93. The second kappa shape index (κ2) is 9.07. The Bertz CT molecular complexity index is 567. The molecule has 1 heterocycles. The number of nitrogens with one attached hydrogen (secondary N) is 2. The summed E-state index contributed by atoms with van der Waals surface area (Å²) in [5.74, 6) is 1.23. The molecule has 1 aromatic rings. The van der Waals surface area contributed by atoms with Gasteiger partial charge in [0.1, 0.15) is 0 Å². The van der Waals surface area contributed by atoms with E-state index >= 15 is 0 Å². The molecule has 0 aliphatic heterocycles. The zero-order valence-corrected chi connectivity index (χ0v) is 14.7. The molecule has 0 aromatic carbocycles.